The first kappa shape index (κ1) is 21.4. The highest BCUT2D eigenvalue weighted by Gasteiger charge is 2.22. The minimum absolute atomic E-state index is 0.174. The van der Waals surface area contributed by atoms with Gasteiger partial charge in [0.25, 0.3) is 0 Å². The van der Waals surface area contributed by atoms with E-state index in [1.54, 1.807) is 48.0 Å². The number of hydrogen-bond donors (Lipinski definition) is 1. The predicted octanol–water partition coefficient (Wildman–Crippen LogP) is 4.46. The van der Waals surface area contributed by atoms with Gasteiger partial charge in [0.1, 0.15) is 11.9 Å². The van der Waals surface area contributed by atoms with Gasteiger partial charge in [-0.15, -0.1) is 0 Å². The first-order valence-electron chi connectivity index (χ1n) is 10.8. The van der Waals surface area contributed by atoms with Crippen LogP contribution in [0.25, 0.3) is 28.0 Å². The summed E-state index contributed by atoms with van der Waals surface area (Å²) in [5.74, 6) is -1.27. The van der Waals surface area contributed by atoms with Crippen LogP contribution >= 0.6 is 0 Å². The molecule has 0 fully saturated rings. The third-order valence-electron chi connectivity index (χ3n) is 5.67. The van der Waals surface area contributed by atoms with Gasteiger partial charge in [0, 0.05) is 23.9 Å². The molecule has 0 unspecified atom stereocenters. The molecule has 0 saturated heterocycles. The van der Waals surface area contributed by atoms with Gasteiger partial charge in [-0.2, -0.15) is 5.10 Å². The molecule has 1 amide bonds. The number of carbonyl (C=O) groups is 1. The van der Waals surface area contributed by atoms with Crippen molar-refractivity contribution in [2.45, 2.75) is 19.5 Å². The van der Waals surface area contributed by atoms with Crippen LogP contribution in [0.4, 0.5) is 4.39 Å². The molecular weight excluding hydrogens is 435 g/mol. The van der Waals surface area contributed by atoms with Crippen LogP contribution in [0, 0.1) is 5.82 Å². The molecule has 0 aliphatic heterocycles. The third kappa shape index (κ3) is 4.01. The van der Waals surface area contributed by atoms with E-state index >= 15 is 0 Å². The highest BCUT2D eigenvalue weighted by molar-refractivity contribution is 5.83. The normalized spacial score (nSPS) is 12.1. The Labute approximate surface area is 194 Å². The fraction of sp³-hybridized carbons (Fsp3) is 0.115. The molecule has 0 radical (unpaired) electrons. The Morgan fingerprint density at radius 1 is 1.03 bits per heavy atom. The first-order valence-corrected chi connectivity index (χ1v) is 10.8. The number of nitrogens with zero attached hydrogens (tertiary/aromatic N) is 3. The van der Waals surface area contributed by atoms with E-state index in [-0.39, 0.29) is 18.3 Å². The monoisotopic (exact) mass is 456 g/mol. The van der Waals surface area contributed by atoms with Crippen LogP contribution in [0.5, 0.6) is 0 Å². The molecule has 0 bridgehead atoms. The summed E-state index contributed by atoms with van der Waals surface area (Å²) in [5.41, 5.74) is 3.94. The number of rotatable bonds is 6. The third-order valence-corrected chi connectivity index (χ3v) is 5.67. The Morgan fingerprint density at radius 2 is 1.74 bits per heavy atom. The van der Waals surface area contributed by atoms with E-state index in [2.05, 4.69) is 10.4 Å². The fourth-order valence-electron chi connectivity index (χ4n) is 3.90. The van der Waals surface area contributed by atoms with Crippen LogP contribution in [-0.2, 0) is 11.3 Å². The molecule has 5 rings (SSSR count). The summed E-state index contributed by atoms with van der Waals surface area (Å²) < 4.78 is 21.8. The van der Waals surface area contributed by atoms with E-state index in [4.69, 9.17) is 4.42 Å². The van der Waals surface area contributed by atoms with Crippen LogP contribution in [-0.4, -0.2) is 20.3 Å². The summed E-state index contributed by atoms with van der Waals surface area (Å²) in [6, 6.07) is 21.8. The average Bonchev–Trinajstić information content (AvgIpc) is 3.43. The molecule has 0 saturated carbocycles. The van der Waals surface area contributed by atoms with Gasteiger partial charge in [0.2, 0.25) is 5.91 Å². The molecule has 0 spiro atoms. The van der Waals surface area contributed by atoms with Crippen molar-refractivity contribution in [1.82, 2.24) is 19.7 Å². The average molecular weight is 456 g/mol. The van der Waals surface area contributed by atoms with Crippen molar-refractivity contribution in [3.05, 3.63) is 107 Å². The number of benzene rings is 3. The smallest absolute Gasteiger partial charge is 0.408 e. The van der Waals surface area contributed by atoms with Crippen molar-refractivity contribution in [3.63, 3.8) is 0 Å². The SMILES string of the molecule is C[C@@H](C(=O)NCc1cn(-c2ccccc2)nc1-c1ccc(F)cc1)n1c(=O)oc2ccccc21. The van der Waals surface area contributed by atoms with Crippen LogP contribution in [0.2, 0.25) is 0 Å². The van der Waals surface area contributed by atoms with Crippen molar-refractivity contribution in [3.8, 4) is 16.9 Å². The van der Waals surface area contributed by atoms with Crippen molar-refractivity contribution < 1.29 is 13.6 Å². The largest absolute Gasteiger partial charge is 0.420 e. The van der Waals surface area contributed by atoms with Gasteiger partial charge >= 0.3 is 5.76 Å². The lowest BCUT2D eigenvalue weighted by atomic mass is 10.1. The lowest BCUT2D eigenvalue weighted by Crippen LogP contribution is -2.34. The maximum atomic E-state index is 13.5. The summed E-state index contributed by atoms with van der Waals surface area (Å²) in [5, 5.41) is 7.58. The van der Waals surface area contributed by atoms with Gasteiger partial charge < -0.3 is 9.73 Å². The Balaban J connectivity index is 1.43. The fourth-order valence-corrected chi connectivity index (χ4v) is 3.90. The topological polar surface area (TPSA) is 82.1 Å². The second-order valence-electron chi connectivity index (χ2n) is 7.89. The van der Waals surface area contributed by atoms with Gasteiger partial charge in [0.05, 0.1) is 16.9 Å². The molecule has 0 aliphatic carbocycles. The number of halogens is 1. The maximum absolute atomic E-state index is 13.5. The van der Waals surface area contributed by atoms with Gasteiger partial charge in [-0.1, -0.05) is 30.3 Å². The van der Waals surface area contributed by atoms with Crippen molar-refractivity contribution in [2.75, 3.05) is 0 Å². The number of amides is 1. The molecule has 3 aromatic carbocycles. The Kier molecular flexibility index (Phi) is 5.55. The van der Waals surface area contributed by atoms with Crippen molar-refractivity contribution in [1.29, 1.82) is 0 Å². The number of carbonyl (C=O) groups excluding carboxylic acids is 1. The summed E-state index contributed by atoms with van der Waals surface area (Å²) in [6.45, 7) is 1.82. The molecule has 7 nitrogen and oxygen atoms in total. The molecule has 2 heterocycles. The highest BCUT2D eigenvalue weighted by Crippen LogP contribution is 2.24. The zero-order valence-electron chi connectivity index (χ0n) is 18.3. The molecule has 5 aromatic rings. The van der Waals surface area contributed by atoms with E-state index in [0.29, 0.717) is 16.8 Å². The molecule has 2 aromatic heterocycles. The standard InChI is InChI=1S/C26H21FN4O3/c1-17(31-22-9-5-6-10-23(22)34-26(31)33)25(32)28-15-19-16-30(21-7-3-2-4-8-21)29-24(19)18-11-13-20(27)14-12-18/h2-14,16-17H,15H2,1H3,(H,28,32)/t17-/m0/s1. The number of fused-ring (bicyclic) bond motifs is 1. The predicted molar refractivity (Wildman–Crippen MR) is 126 cm³/mol. The van der Waals surface area contributed by atoms with Gasteiger partial charge in [0.15, 0.2) is 5.58 Å². The molecule has 170 valence electrons. The quantitative estimate of drug-likeness (QED) is 0.409. The van der Waals surface area contributed by atoms with Gasteiger partial charge in [-0.3, -0.25) is 9.36 Å². The molecule has 34 heavy (non-hydrogen) atoms. The van der Waals surface area contributed by atoms with E-state index in [1.165, 1.54) is 16.7 Å². The lowest BCUT2D eigenvalue weighted by molar-refractivity contribution is -0.124. The zero-order chi connectivity index (χ0) is 23.7. The van der Waals surface area contributed by atoms with Gasteiger partial charge in [-0.05, 0) is 55.5 Å². The molecule has 1 N–H and O–H groups in total. The number of hydrogen-bond acceptors (Lipinski definition) is 4. The number of aromatic nitrogens is 3. The van der Waals surface area contributed by atoms with E-state index in [1.807, 2.05) is 36.5 Å². The lowest BCUT2D eigenvalue weighted by Gasteiger charge is -2.13. The van der Waals surface area contributed by atoms with Crippen molar-refractivity contribution in [2.24, 2.45) is 0 Å². The van der Waals surface area contributed by atoms with Crippen molar-refractivity contribution >= 4 is 17.0 Å². The zero-order valence-corrected chi connectivity index (χ0v) is 18.3. The number of oxazole rings is 1. The van der Waals surface area contributed by atoms with Crippen LogP contribution in [0.1, 0.15) is 18.5 Å². The van der Waals surface area contributed by atoms with E-state index in [9.17, 15) is 14.0 Å². The summed E-state index contributed by atoms with van der Waals surface area (Å²) in [4.78, 5) is 25.3. The molecule has 8 heteroatoms. The van der Waals surface area contributed by atoms with Gasteiger partial charge in [-0.25, -0.2) is 13.9 Å². The Hall–Kier alpha value is -4.46. The summed E-state index contributed by atoms with van der Waals surface area (Å²) in [7, 11) is 0. The van der Waals surface area contributed by atoms with Crippen LogP contribution < -0.4 is 11.1 Å². The van der Waals surface area contributed by atoms with Crippen LogP contribution in [0.3, 0.4) is 0 Å². The Bertz CT molecular complexity index is 1520. The minimum atomic E-state index is -0.783. The molecular formula is C26H21FN4O3. The number of para-hydroxylation sites is 3. The van der Waals surface area contributed by atoms with E-state index < -0.39 is 11.8 Å². The maximum Gasteiger partial charge on any atom is 0.420 e. The Morgan fingerprint density at radius 3 is 2.50 bits per heavy atom. The second-order valence-corrected chi connectivity index (χ2v) is 7.89. The van der Waals surface area contributed by atoms with Crippen LogP contribution in [0.15, 0.2) is 94.3 Å². The number of nitrogens with one attached hydrogen (secondary N) is 1. The summed E-state index contributed by atoms with van der Waals surface area (Å²) in [6.07, 6.45) is 1.83. The van der Waals surface area contributed by atoms with E-state index in [0.717, 1.165) is 16.8 Å². The minimum Gasteiger partial charge on any atom is -0.408 e. The molecule has 1 atom stereocenters. The molecule has 0 aliphatic rings. The summed E-state index contributed by atoms with van der Waals surface area (Å²) >= 11 is 0. The highest BCUT2D eigenvalue weighted by atomic mass is 19.1. The first-order chi connectivity index (χ1) is 16.5. The second kappa shape index (κ2) is 8.82.